The molecule has 69 valence electrons. The Kier molecular flexibility index (Phi) is 595. The van der Waals surface area contributed by atoms with Gasteiger partial charge in [0.2, 0.25) is 0 Å². The zero-order chi connectivity index (χ0) is 2.00. The molecule has 9 heteroatoms. The maximum atomic E-state index is 3.77. The predicted molar refractivity (Wildman–Crippen MR) is 45.4 cm³/mol. The quantitative estimate of drug-likeness (QED) is 0.324. The predicted octanol–water partition coefficient (Wildman–Crippen LogP) is -0.969. The Hall–Kier alpha value is 4.70. The summed E-state index contributed by atoms with van der Waals surface area (Å²) in [5.41, 5.74) is 0. The van der Waals surface area contributed by atoms with Gasteiger partial charge in [0.05, 0.1) is 0 Å². The van der Waals surface area contributed by atoms with Crippen molar-refractivity contribution in [3.8, 4) is 0 Å². The van der Waals surface area contributed by atoms with E-state index in [9.17, 15) is 0 Å². The molecule has 0 bridgehead atoms. The molecule has 0 spiro atoms. The normalized spacial score (nSPS) is 0.667. The average Bonchev–Trinajstić information content (AvgIpc) is 1.00. The van der Waals surface area contributed by atoms with E-state index in [1.165, 1.54) is 0 Å². The van der Waals surface area contributed by atoms with Gasteiger partial charge in [-0.05, 0) is 0 Å². The molecule has 0 aliphatic heterocycles. The molecule has 0 amide bonds. The summed E-state index contributed by atoms with van der Waals surface area (Å²) in [6.45, 7) is 0. The topological polar surface area (TPSA) is 0 Å². The summed E-state index contributed by atoms with van der Waals surface area (Å²) in [5.74, 6) is 0. The van der Waals surface area contributed by atoms with Gasteiger partial charge in [0, 0.05) is 53.6 Å². The smallest absolute Gasteiger partial charge is 0 e. The molecule has 0 rings (SSSR count). The second-order valence-electron chi connectivity index (χ2n) is 0. The van der Waals surface area contributed by atoms with Crippen LogP contribution in [0.15, 0.2) is 0 Å². The van der Waals surface area contributed by atoms with Crippen molar-refractivity contribution < 1.29 is 68.0 Å². The molecule has 9 heavy (non-hydrogen) atoms. The fourth-order valence-electron chi connectivity index (χ4n) is 0. The van der Waals surface area contributed by atoms with Gasteiger partial charge in [0.25, 0.3) is 0 Å². The summed E-state index contributed by atoms with van der Waals surface area (Å²) in [6.07, 6.45) is 0. The van der Waals surface area contributed by atoms with E-state index in [4.69, 9.17) is 0 Å². The van der Waals surface area contributed by atoms with Gasteiger partial charge in [-0.15, -0.1) is 0 Å². The third kappa shape index (κ3) is 65.8. The van der Waals surface area contributed by atoms with Crippen molar-refractivity contribution in [3.63, 3.8) is 0 Å². The van der Waals surface area contributed by atoms with E-state index in [0.717, 1.165) is 0 Å². The summed E-state index contributed by atoms with van der Waals surface area (Å²) in [5, 5.41) is 0. The summed E-state index contributed by atoms with van der Waals surface area (Å²) in [7, 11) is 3.65. The van der Waals surface area contributed by atoms with Crippen LogP contribution >= 0.6 is 37.5 Å². The molecular formula is H8Cu3S3Sn2Zn. The molecule has 0 nitrogen and oxygen atoms in total. The fraction of sp³-hybridized carbons (Fsp3) is 0. The van der Waals surface area contributed by atoms with Gasteiger partial charge < -0.3 is 0 Å². The summed E-state index contributed by atoms with van der Waals surface area (Å²) < 4.78 is 0. The summed E-state index contributed by atoms with van der Waals surface area (Å²) in [4.78, 5) is 0. The third-order valence-corrected chi connectivity index (χ3v) is 0. The first-order valence-electron chi connectivity index (χ1n) is 0.123. The van der Waals surface area contributed by atoms with Crippen molar-refractivity contribution >= 4 is 85.4 Å². The van der Waals surface area contributed by atoms with Gasteiger partial charge >= 0.3 is 72.8 Å². The molecule has 0 heterocycles. The zero-order valence-corrected chi connectivity index (χ0v) is 21.1. The van der Waals surface area contributed by atoms with Crippen LogP contribution in [0.3, 0.4) is 0 Å². The van der Waals surface area contributed by atoms with Crippen LogP contribution in [0.4, 0.5) is 0 Å². The molecule has 0 saturated carbocycles. The molecule has 6 radical (unpaired) electrons. The fourth-order valence-corrected chi connectivity index (χ4v) is 0. The second-order valence-corrected chi connectivity index (χ2v) is 0. The Labute approximate surface area is 150 Å². The van der Waals surface area contributed by atoms with Crippen LogP contribution < -0.4 is 0 Å². The van der Waals surface area contributed by atoms with Gasteiger partial charge in [0.1, 0.15) is 0 Å². The van der Waals surface area contributed by atoms with Crippen LogP contribution in [0, 0.1) is 0 Å². The van der Waals surface area contributed by atoms with Crippen molar-refractivity contribution in [2.24, 2.45) is 0 Å². The van der Waals surface area contributed by atoms with Crippen molar-refractivity contribution in [2.45, 2.75) is 0 Å². The van der Waals surface area contributed by atoms with E-state index in [-0.39, 0.29) is 128 Å². The average molecular weight is 598 g/mol. The minimum Gasteiger partial charge on any atom is 0 e. The van der Waals surface area contributed by atoms with Crippen molar-refractivity contribution in [2.75, 3.05) is 0 Å². The van der Waals surface area contributed by atoms with E-state index >= 15 is 0 Å². The Balaban J connectivity index is -0.000000000238. The molecule has 0 aromatic heterocycles. The molecule has 0 N–H and O–H groups in total. The van der Waals surface area contributed by atoms with Gasteiger partial charge in [0.15, 0.2) is 0 Å². The van der Waals surface area contributed by atoms with E-state index in [0.29, 0.717) is 0 Å². The van der Waals surface area contributed by atoms with Gasteiger partial charge in [-0.2, -0.15) is 27.0 Å². The monoisotopic (exact) mass is 597 g/mol. The van der Waals surface area contributed by atoms with Crippen LogP contribution in [0.2, 0.25) is 0 Å². The Morgan fingerprint density at radius 1 is 0.778 bits per heavy atom. The summed E-state index contributed by atoms with van der Waals surface area (Å²) in [6, 6.07) is 0. The number of hydrogen-bond donors (Lipinski definition) is 0. The first-order valence-corrected chi connectivity index (χ1v) is 1.52. The largest absolute Gasteiger partial charge is 0 e. The van der Waals surface area contributed by atoms with E-state index in [2.05, 4.69) is 24.9 Å². The number of rotatable bonds is 0. The molecule has 0 aliphatic carbocycles. The van der Waals surface area contributed by atoms with Gasteiger partial charge in [-0.1, -0.05) is 0 Å². The van der Waals surface area contributed by atoms with Crippen molar-refractivity contribution in [1.29, 1.82) is 0 Å². The minimum absolute atomic E-state index is 0. The zero-order valence-electron chi connectivity index (χ0n) is 4.43. The summed E-state index contributed by atoms with van der Waals surface area (Å²) >= 11 is 3.77. The maximum absolute atomic E-state index is 3.77. The Morgan fingerprint density at radius 2 is 0.778 bits per heavy atom. The molecule has 0 aromatic rings. The molecule has 0 atom stereocenters. The minimum atomic E-state index is 0. The first kappa shape index (κ1) is 68.0. The second kappa shape index (κ2) is 78.7. The molecule has 0 fully saturated rings. The molecule has 0 aromatic carbocycles. The Morgan fingerprint density at radius 3 is 0.778 bits per heavy atom. The van der Waals surface area contributed by atoms with Crippen LogP contribution in [0.25, 0.3) is 0 Å². The first-order chi connectivity index (χ1) is 1.00. The van der Waals surface area contributed by atoms with E-state index in [1.807, 2.05) is 0 Å². The number of hydrogen-bond acceptors (Lipinski definition) is 1. The molecule has 0 unspecified atom stereocenters. The maximum Gasteiger partial charge on any atom is 0 e. The van der Waals surface area contributed by atoms with E-state index in [1.54, 1.807) is 0 Å². The standard InChI is InChI=1S/3Cu.2H2S.S.2Sn.Zn.4H/h;;;2*1H2;;;;;;;;. The molecule has 0 aliphatic rings. The van der Waals surface area contributed by atoms with Crippen LogP contribution in [-0.2, 0) is 68.0 Å². The van der Waals surface area contributed by atoms with Gasteiger partial charge in [-0.25, -0.2) is 0 Å². The SMILES string of the molecule is S.S.[Cu].[Cu].[S]=[Cu].[SnH2].[SnH2].[Zn]. The van der Waals surface area contributed by atoms with Crippen molar-refractivity contribution in [1.82, 2.24) is 0 Å². The van der Waals surface area contributed by atoms with Crippen LogP contribution in [0.5, 0.6) is 0 Å². The van der Waals surface area contributed by atoms with Crippen molar-refractivity contribution in [3.05, 3.63) is 0 Å². The molecule has 0 saturated heterocycles. The van der Waals surface area contributed by atoms with E-state index < -0.39 is 0 Å². The molecular weight excluding hydrogens is 590 g/mol. The van der Waals surface area contributed by atoms with Crippen LogP contribution in [0.1, 0.15) is 0 Å². The Bertz CT molecular complexity index is 17.0. The van der Waals surface area contributed by atoms with Gasteiger partial charge in [-0.3, -0.25) is 0 Å². The van der Waals surface area contributed by atoms with Crippen LogP contribution in [-0.4, -0.2) is 47.8 Å². The third-order valence-electron chi connectivity index (χ3n) is 0.